The molecule has 1 heterocycles. The zero-order chi connectivity index (χ0) is 15.0. The Balaban J connectivity index is 2.99. The molecule has 0 fully saturated rings. The second-order valence-electron chi connectivity index (χ2n) is 5.74. The van der Waals surface area contributed by atoms with Gasteiger partial charge < -0.3 is 4.90 Å². The molecule has 0 aliphatic carbocycles. The maximum atomic E-state index is 6.04. The maximum Gasteiger partial charge on any atom is 0.129 e. The molecular weight excluding hydrogens is 268 g/mol. The summed E-state index contributed by atoms with van der Waals surface area (Å²) in [5, 5.41) is 0. The molecule has 0 aliphatic heterocycles. The van der Waals surface area contributed by atoms with Gasteiger partial charge in [-0.3, -0.25) is 0 Å². The molecule has 0 radical (unpaired) electrons. The molecule has 2 nitrogen and oxygen atoms in total. The van der Waals surface area contributed by atoms with Crippen LogP contribution in [0.15, 0.2) is 12.1 Å². The van der Waals surface area contributed by atoms with Crippen LogP contribution < -0.4 is 4.90 Å². The predicted molar refractivity (Wildman–Crippen MR) is 89.9 cm³/mol. The molecule has 1 rings (SSSR count). The van der Waals surface area contributed by atoms with Crippen LogP contribution in [0, 0.1) is 0 Å². The molecule has 3 heteroatoms. The van der Waals surface area contributed by atoms with Gasteiger partial charge in [0.1, 0.15) is 5.82 Å². The molecule has 0 bridgehead atoms. The molecule has 0 amide bonds. The van der Waals surface area contributed by atoms with Gasteiger partial charge >= 0.3 is 0 Å². The lowest BCUT2D eigenvalue weighted by molar-refractivity contribution is 0.667. The van der Waals surface area contributed by atoms with Gasteiger partial charge in [0.2, 0.25) is 0 Å². The van der Waals surface area contributed by atoms with Crippen molar-refractivity contribution in [3.8, 4) is 0 Å². The second-order valence-corrected chi connectivity index (χ2v) is 6.01. The zero-order valence-corrected chi connectivity index (χ0v) is 14.2. The average molecular weight is 297 g/mol. The standard InChI is InChI=1S/C17H29ClN2/c1-5-7-9-20(10-8-6-2)17-12-15(13-18)11-16(19-17)14(3)4/h11-12,14H,5-10,13H2,1-4H3. The minimum atomic E-state index is 0.441. The molecular formula is C17H29ClN2. The Morgan fingerprint density at radius 2 is 1.70 bits per heavy atom. The van der Waals surface area contributed by atoms with E-state index in [1.165, 1.54) is 31.2 Å². The monoisotopic (exact) mass is 296 g/mol. The van der Waals surface area contributed by atoms with Crippen molar-refractivity contribution in [3.63, 3.8) is 0 Å². The summed E-state index contributed by atoms with van der Waals surface area (Å²) in [5.74, 6) is 2.11. The highest BCUT2D eigenvalue weighted by molar-refractivity contribution is 6.17. The topological polar surface area (TPSA) is 16.1 Å². The van der Waals surface area contributed by atoms with E-state index < -0.39 is 0 Å². The van der Waals surface area contributed by atoms with Crippen LogP contribution in [0.3, 0.4) is 0 Å². The summed E-state index contributed by atoms with van der Waals surface area (Å²) in [6, 6.07) is 4.29. The van der Waals surface area contributed by atoms with E-state index in [4.69, 9.17) is 16.6 Å². The molecule has 0 atom stereocenters. The van der Waals surface area contributed by atoms with Crippen molar-refractivity contribution in [2.75, 3.05) is 18.0 Å². The van der Waals surface area contributed by atoms with Crippen molar-refractivity contribution in [3.05, 3.63) is 23.4 Å². The smallest absolute Gasteiger partial charge is 0.129 e. The number of hydrogen-bond acceptors (Lipinski definition) is 2. The number of alkyl halides is 1. The summed E-state index contributed by atoms with van der Waals surface area (Å²) in [4.78, 5) is 7.28. The minimum absolute atomic E-state index is 0.441. The van der Waals surface area contributed by atoms with Gasteiger partial charge in [0.05, 0.1) is 0 Å². The highest BCUT2D eigenvalue weighted by Crippen LogP contribution is 2.22. The SMILES string of the molecule is CCCCN(CCCC)c1cc(CCl)cc(C(C)C)n1. The third-order valence-electron chi connectivity index (χ3n) is 3.52. The quantitative estimate of drug-likeness (QED) is 0.571. The van der Waals surface area contributed by atoms with Gasteiger partial charge in [0, 0.05) is 24.7 Å². The number of rotatable bonds is 9. The van der Waals surface area contributed by atoms with Gasteiger partial charge in [-0.15, -0.1) is 11.6 Å². The van der Waals surface area contributed by atoms with Gasteiger partial charge in [-0.1, -0.05) is 40.5 Å². The zero-order valence-electron chi connectivity index (χ0n) is 13.5. The normalized spacial score (nSPS) is 11.1. The van der Waals surface area contributed by atoms with Crippen LogP contribution in [0.5, 0.6) is 0 Å². The lowest BCUT2D eigenvalue weighted by Gasteiger charge is -2.25. The van der Waals surface area contributed by atoms with Crippen LogP contribution >= 0.6 is 11.6 Å². The van der Waals surface area contributed by atoms with Crippen LogP contribution in [0.4, 0.5) is 5.82 Å². The van der Waals surface area contributed by atoms with Gasteiger partial charge in [0.15, 0.2) is 0 Å². The number of halogens is 1. The van der Waals surface area contributed by atoms with Crippen molar-refractivity contribution < 1.29 is 0 Å². The van der Waals surface area contributed by atoms with E-state index in [-0.39, 0.29) is 0 Å². The van der Waals surface area contributed by atoms with Crippen molar-refractivity contribution >= 4 is 17.4 Å². The van der Waals surface area contributed by atoms with Crippen molar-refractivity contribution in [1.82, 2.24) is 4.98 Å². The van der Waals surface area contributed by atoms with Crippen molar-refractivity contribution in [1.29, 1.82) is 0 Å². The predicted octanol–water partition coefficient (Wildman–Crippen LogP) is 5.35. The van der Waals surface area contributed by atoms with Crippen LogP contribution in [-0.2, 0) is 5.88 Å². The fourth-order valence-electron chi connectivity index (χ4n) is 2.17. The van der Waals surface area contributed by atoms with Gasteiger partial charge in [-0.25, -0.2) is 4.98 Å². The Kier molecular flexibility index (Phi) is 7.98. The first-order valence-electron chi connectivity index (χ1n) is 7.94. The van der Waals surface area contributed by atoms with E-state index in [0.717, 1.165) is 24.6 Å². The third-order valence-corrected chi connectivity index (χ3v) is 3.83. The number of anilines is 1. The summed E-state index contributed by atoms with van der Waals surface area (Å²) in [6.07, 6.45) is 4.87. The van der Waals surface area contributed by atoms with E-state index in [9.17, 15) is 0 Å². The average Bonchev–Trinajstić information content (AvgIpc) is 2.46. The molecule has 0 saturated carbocycles. The number of unbranched alkanes of at least 4 members (excludes halogenated alkanes) is 2. The number of nitrogens with zero attached hydrogens (tertiary/aromatic N) is 2. The van der Waals surface area contributed by atoms with E-state index in [1.807, 2.05) is 0 Å². The first kappa shape index (κ1) is 17.3. The lowest BCUT2D eigenvalue weighted by Crippen LogP contribution is -2.27. The summed E-state index contributed by atoms with van der Waals surface area (Å²) < 4.78 is 0. The molecule has 0 N–H and O–H groups in total. The van der Waals surface area contributed by atoms with Crippen LogP contribution in [0.2, 0.25) is 0 Å². The van der Waals surface area contributed by atoms with Gasteiger partial charge in [-0.2, -0.15) is 0 Å². The van der Waals surface area contributed by atoms with Gasteiger partial charge in [-0.05, 0) is 36.5 Å². The molecule has 0 aromatic carbocycles. The van der Waals surface area contributed by atoms with E-state index in [2.05, 4.69) is 44.7 Å². The lowest BCUT2D eigenvalue weighted by atomic mass is 10.1. The maximum absolute atomic E-state index is 6.04. The summed E-state index contributed by atoms with van der Waals surface area (Å²) in [7, 11) is 0. The number of aromatic nitrogens is 1. The molecule has 1 aromatic rings. The molecule has 114 valence electrons. The molecule has 0 saturated heterocycles. The first-order chi connectivity index (χ1) is 9.62. The molecule has 0 aliphatic rings. The molecule has 20 heavy (non-hydrogen) atoms. The largest absolute Gasteiger partial charge is 0.357 e. The summed E-state index contributed by atoms with van der Waals surface area (Å²) in [5.41, 5.74) is 2.33. The number of hydrogen-bond donors (Lipinski definition) is 0. The van der Waals surface area contributed by atoms with Crippen molar-refractivity contribution in [2.24, 2.45) is 0 Å². The van der Waals surface area contributed by atoms with Crippen LogP contribution in [0.25, 0.3) is 0 Å². The summed E-state index contributed by atoms with van der Waals surface area (Å²) >= 11 is 6.04. The Labute approximate surface area is 129 Å². The highest BCUT2D eigenvalue weighted by atomic mass is 35.5. The fourth-order valence-corrected chi connectivity index (χ4v) is 2.32. The fraction of sp³-hybridized carbons (Fsp3) is 0.706. The third kappa shape index (κ3) is 5.32. The van der Waals surface area contributed by atoms with E-state index in [0.29, 0.717) is 11.8 Å². The summed E-state index contributed by atoms with van der Waals surface area (Å²) in [6.45, 7) is 11.0. The number of pyridine rings is 1. The van der Waals surface area contributed by atoms with Gasteiger partial charge in [0.25, 0.3) is 0 Å². The van der Waals surface area contributed by atoms with Crippen molar-refractivity contribution in [2.45, 2.75) is 65.2 Å². The highest BCUT2D eigenvalue weighted by Gasteiger charge is 2.11. The second kappa shape index (κ2) is 9.23. The first-order valence-corrected chi connectivity index (χ1v) is 8.47. The Hall–Kier alpha value is -0.760. The van der Waals surface area contributed by atoms with Crippen LogP contribution in [-0.4, -0.2) is 18.1 Å². The molecule has 0 spiro atoms. The Morgan fingerprint density at radius 1 is 1.10 bits per heavy atom. The molecule has 1 aromatic heterocycles. The molecule has 0 unspecified atom stereocenters. The van der Waals surface area contributed by atoms with E-state index in [1.54, 1.807) is 0 Å². The van der Waals surface area contributed by atoms with E-state index >= 15 is 0 Å². The Morgan fingerprint density at radius 3 is 2.15 bits per heavy atom. The Bertz CT molecular complexity index is 383. The minimum Gasteiger partial charge on any atom is -0.357 e. The van der Waals surface area contributed by atoms with Crippen LogP contribution in [0.1, 0.15) is 70.6 Å².